The molecule has 0 aliphatic heterocycles. The zero-order valence-corrected chi connectivity index (χ0v) is 14.8. The zero-order chi connectivity index (χ0) is 18.0. The van der Waals surface area contributed by atoms with Gasteiger partial charge in [-0.15, -0.1) is 0 Å². The highest BCUT2D eigenvalue weighted by Gasteiger charge is 2.56. The van der Waals surface area contributed by atoms with Gasteiger partial charge in [0, 0.05) is 31.2 Å². The molecule has 1 aliphatic rings. The molecule has 0 aromatic heterocycles. The lowest BCUT2D eigenvalue weighted by Crippen LogP contribution is -2.35. The first-order valence-corrected chi connectivity index (χ1v) is 8.38. The van der Waals surface area contributed by atoms with E-state index >= 15 is 0 Å². The quantitative estimate of drug-likeness (QED) is 0.822. The van der Waals surface area contributed by atoms with Crippen molar-refractivity contribution in [2.24, 2.45) is 5.41 Å². The van der Waals surface area contributed by atoms with Crippen molar-refractivity contribution in [3.8, 4) is 0 Å². The fourth-order valence-corrected chi connectivity index (χ4v) is 2.73. The molecule has 0 spiro atoms. The Hall–Kier alpha value is -2.82. The standard InChI is InChI=1S/C20H23N3O2/c1-14-6-4-5-7-17(14)22-19(25)20(12-13-20)18(24)21-15-8-10-16(11-9-15)23(2)3/h4-11H,12-13H2,1-3H3,(H,21,24)(H,22,25). The lowest BCUT2D eigenvalue weighted by molar-refractivity contribution is -0.131. The van der Waals surface area contributed by atoms with Crippen LogP contribution in [0.15, 0.2) is 48.5 Å². The van der Waals surface area contributed by atoms with Gasteiger partial charge in [0.1, 0.15) is 5.41 Å². The molecule has 5 nitrogen and oxygen atoms in total. The molecule has 5 heteroatoms. The number of benzene rings is 2. The molecule has 2 aromatic rings. The van der Waals surface area contributed by atoms with Crippen LogP contribution in [0.1, 0.15) is 18.4 Å². The van der Waals surface area contributed by atoms with E-state index in [0.29, 0.717) is 18.5 Å². The summed E-state index contributed by atoms with van der Waals surface area (Å²) in [5.41, 5.74) is 2.53. The van der Waals surface area contributed by atoms with Gasteiger partial charge in [-0.25, -0.2) is 0 Å². The summed E-state index contributed by atoms with van der Waals surface area (Å²) in [4.78, 5) is 27.3. The number of aryl methyl sites for hydroxylation is 1. The van der Waals surface area contributed by atoms with Crippen LogP contribution < -0.4 is 15.5 Å². The van der Waals surface area contributed by atoms with E-state index < -0.39 is 5.41 Å². The van der Waals surface area contributed by atoms with Crippen LogP contribution in [0.25, 0.3) is 0 Å². The van der Waals surface area contributed by atoms with Crippen molar-refractivity contribution in [3.05, 3.63) is 54.1 Å². The smallest absolute Gasteiger partial charge is 0.240 e. The molecule has 2 aromatic carbocycles. The second-order valence-electron chi connectivity index (χ2n) is 6.75. The third-order valence-electron chi connectivity index (χ3n) is 4.65. The molecular formula is C20H23N3O2. The number of hydrogen-bond donors (Lipinski definition) is 2. The van der Waals surface area contributed by atoms with E-state index in [4.69, 9.17) is 0 Å². The Morgan fingerprint density at radius 3 is 2.08 bits per heavy atom. The van der Waals surface area contributed by atoms with Crippen LogP contribution in [0.2, 0.25) is 0 Å². The van der Waals surface area contributed by atoms with Crippen molar-refractivity contribution in [1.82, 2.24) is 0 Å². The first kappa shape index (κ1) is 17.0. The molecule has 3 rings (SSSR count). The summed E-state index contributed by atoms with van der Waals surface area (Å²) in [7, 11) is 3.92. The Balaban J connectivity index is 1.68. The van der Waals surface area contributed by atoms with Crippen molar-refractivity contribution in [2.45, 2.75) is 19.8 Å². The number of hydrogen-bond acceptors (Lipinski definition) is 3. The zero-order valence-electron chi connectivity index (χ0n) is 14.8. The number of amides is 2. The first-order valence-electron chi connectivity index (χ1n) is 8.38. The predicted molar refractivity (Wildman–Crippen MR) is 101 cm³/mol. The molecule has 0 atom stereocenters. The van der Waals surface area contributed by atoms with Crippen molar-refractivity contribution < 1.29 is 9.59 Å². The fourth-order valence-electron chi connectivity index (χ4n) is 2.73. The lowest BCUT2D eigenvalue weighted by Gasteiger charge is -2.17. The van der Waals surface area contributed by atoms with E-state index in [0.717, 1.165) is 16.9 Å². The largest absolute Gasteiger partial charge is 0.378 e. The summed E-state index contributed by atoms with van der Waals surface area (Å²) in [5, 5.41) is 5.77. The number of anilines is 3. The minimum Gasteiger partial charge on any atom is -0.378 e. The summed E-state index contributed by atoms with van der Waals surface area (Å²) in [6, 6.07) is 15.1. The molecular weight excluding hydrogens is 314 g/mol. The van der Waals surface area contributed by atoms with Crippen molar-refractivity contribution in [2.75, 3.05) is 29.6 Å². The van der Waals surface area contributed by atoms with Gasteiger partial charge in [-0.3, -0.25) is 9.59 Å². The predicted octanol–water partition coefficient (Wildman–Crippen LogP) is 3.42. The minimum absolute atomic E-state index is 0.232. The topological polar surface area (TPSA) is 61.4 Å². The highest BCUT2D eigenvalue weighted by Crippen LogP contribution is 2.47. The van der Waals surface area contributed by atoms with Crippen LogP contribution in [0.5, 0.6) is 0 Å². The van der Waals surface area contributed by atoms with Crippen molar-refractivity contribution in [3.63, 3.8) is 0 Å². The molecule has 2 N–H and O–H groups in total. The summed E-state index contributed by atoms with van der Waals surface area (Å²) < 4.78 is 0. The van der Waals surface area contributed by atoms with Gasteiger partial charge in [-0.2, -0.15) is 0 Å². The van der Waals surface area contributed by atoms with Gasteiger partial charge < -0.3 is 15.5 Å². The summed E-state index contributed by atoms with van der Waals surface area (Å²) in [6.45, 7) is 1.93. The second-order valence-corrected chi connectivity index (χ2v) is 6.75. The normalized spacial score (nSPS) is 14.5. The maximum Gasteiger partial charge on any atom is 0.240 e. The average molecular weight is 337 g/mol. The third-order valence-corrected chi connectivity index (χ3v) is 4.65. The molecule has 0 saturated heterocycles. The number of nitrogens with one attached hydrogen (secondary N) is 2. The van der Waals surface area contributed by atoms with Crippen LogP contribution in [-0.4, -0.2) is 25.9 Å². The van der Waals surface area contributed by atoms with E-state index in [9.17, 15) is 9.59 Å². The molecule has 1 saturated carbocycles. The molecule has 130 valence electrons. The molecule has 0 heterocycles. The van der Waals surface area contributed by atoms with E-state index in [1.54, 1.807) is 0 Å². The van der Waals surface area contributed by atoms with Crippen LogP contribution in [-0.2, 0) is 9.59 Å². The lowest BCUT2D eigenvalue weighted by atomic mass is 10.0. The minimum atomic E-state index is -0.956. The maximum atomic E-state index is 12.6. The molecule has 0 radical (unpaired) electrons. The Morgan fingerprint density at radius 2 is 1.52 bits per heavy atom. The summed E-state index contributed by atoms with van der Waals surface area (Å²) in [5.74, 6) is -0.472. The van der Waals surface area contributed by atoms with E-state index in [-0.39, 0.29) is 11.8 Å². The monoisotopic (exact) mass is 337 g/mol. The number of carbonyl (C=O) groups is 2. The number of carbonyl (C=O) groups excluding carboxylic acids is 2. The van der Waals surface area contributed by atoms with Crippen LogP contribution in [0.3, 0.4) is 0 Å². The average Bonchev–Trinajstić information content (AvgIpc) is 3.39. The van der Waals surface area contributed by atoms with E-state index in [1.807, 2.05) is 74.4 Å². The van der Waals surface area contributed by atoms with Gasteiger partial charge in [0.25, 0.3) is 0 Å². The molecule has 1 fully saturated rings. The third kappa shape index (κ3) is 3.50. The van der Waals surface area contributed by atoms with E-state index in [1.165, 1.54) is 0 Å². The number of nitrogens with zero attached hydrogens (tertiary/aromatic N) is 1. The van der Waals surface area contributed by atoms with Crippen LogP contribution >= 0.6 is 0 Å². The van der Waals surface area contributed by atoms with Gasteiger partial charge in [-0.05, 0) is 55.7 Å². The first-order chi connectivity index (χ1) is 11.9. The SMILES string of the molecule is Cc1ccccc1NC(=O)C1(C(=O)Nc2ccc(N(C)C)cc2)CC1. The van der Waals surface area contributed by atoms with Gasteiger partial charge >= 0.3 is 0 Å². The Morgan fingerprint density at radius 1 is 0.920 bits per heavy atom. The van der Waals surface area contributed by atoms with Crippen molar-refractivity contribution in [1.29, 1.82) is 0 Å². The van der Waals surface area contributed by atoms with Gasteiger partial charge in [0.2, 0.25) is 11.8 Å². The van der Waals surface area contributed by atoms with Crippen molar-refractivity contribution >= 4 is 28.9 Å². The highest BCUT2D eigenvalue weighted by atomic mass is 16.2. The summed E-state index contributed by atoms with van der Waals surface area (Å²) in [6.07, 6.45) is 1.15. The number of rotatable bonds is 5. The second kappa shape index (κ2) is 6.59. The molecule has 1 aliphatic carbocycles. The molecule has 2 amide bonds. The Labute approximate surface area is 148 Å². The number of para-hydroxylation sites is 1. The molecule has 25 heavy (non-hydrogen) atoms. The maximum absolute atomic E-state index is 12.6. The Bertz CT molecular complexity index is 793. The highest BCUT2D eigenvalue weighted by molar-refractivity contribution is 6.17. The molecule has 0 bridgehead atoms. The van der Waals surface area contributed by atoms with Gasteiger partial charge in [-0.1, -0.05) is 18.2 Å². The van der Waals surface area contributed by atoms with Gasteiger partial charge in [0.15, 0.2) is 0 Å². The van der Waals surface area contributed by atoms with E-state index in [2.05, 4.69) is 10.6 Å². The van der Waals surface area contributed by atoms with Crippen LogP contribution in [0, 0.1) is 12.3 Å². The Kier molecular flexibility index (Phi) is 4.49. The van der Waals surface area contributed by atoms with Gasteiger partial charge in [0.05, 0.1) is 0 Å². The van der Waals surface area contributed by atoms with Crippen LogP contribution in [0.4, 0.5) is 17.1 Å². The fraction of sp³-hybridized carbons (Fsp3) is 0.300. The summed E-state index contributed by atoms with van der Waals surface area (Å²) >= 11 is 0. The molecule has 0 unspecified atom stereocenters.